The van der Waals surface area contributed by atoms with Crippen LogP contribution < -0.4 is 5.32 Å². The van der Waals surface area contributed by atoms with Gasteiger partial charge < -0.3 is 5.32 Å². The lowest BCUT2D eigenvalue weighted by molar-refractivity contribution is -0.385. The monoisotopic (exact) mass is 292 g/mol. The Morgan fingerprint density at radius 3 is 2.85 bits per heavy atom. The molecule has 6 nitrogen and oxygen atoms in total. The van der Waals surface area contributed by atoms with E-state index >= 15 is 0 Å². The number of nitrogens with one attached hydrogen (secondary N) is 1. The van der Waals surface area contributed by atoms with Crippen LogP contribution >= 0.6 is 11.5 Å². The summed E-state index contributed by atoms with van der Waals surface area (Å²) < 4.78 is 4.20. The zero-order valence-corrected chi connectivity index (χ0v) is 12.4. The van der Waals surface area contributed by atoms with E-state index in [1.165, 1.54) is 11.5 Å². The lowest BCUT2D eigenvalue weighted by Gasteiger charge is -2.13. The summed E-state index contributed by atoms with van der Waals surface area (Å²) in [5.74, 6) is 0.805. The molecular formula is C13H16N4O2S. The van der Waals surface area contributed by atoms with Crippen molar-refractivity contribution >= 4 is 22.4 Å². The van der Waals surface area contributed by atoms with Crippen molar-refractivity contribution in [1.29, 1.82) is 0 Å². The van der Waals surface area contributed by atoms with Gasteiger partial charge in [0.25, 0.3) is 5.69 Å². The Bertz CT molecular complexity index is 627. The van der Waals surface area contributed by atoms with E-state index in [4.69, 9.17) is 0 Å². The fourth-order valence-corrected chi connectivity index (χ4v) is 2.55. The number of rotatable bonds is 5. The standard InChI is InChI=1S/C13H16N4O2S/c1-4-12-15-13(20-16-12)14-9(3)10-6-5-8(2)11(7-10)17(18)19/h5-7,9H,4H2,1-3H3,(H,14,15,16). The number of nitro benzene ring substituents is 1. The van der Waals surface area contributed by atoms with Crippen LogP contribution in [0.1, 0.15) is 36.8 Å². The van der Waals surface area contributed by atoms with Crippen molar-refractivity contribution in [1.82, 2.24) is 9.36 Å². The summed E-state index contributed by atoms with van der Waals surface area (Å²) in [4.78, 5) is 14.9. The second-order valence-electron chi connectivity index (χ2n) is 4.54. The highest BCUT2D eigenvalue weighted by molar-refractivity contribution is 7.09. The minimum Gasteiger partial charge on any atom is -0.354 e. The van der Waals surface area contributed by atoms with Crippen LogP contribution in [0.5, 0.6) is 0 Å². The molecule has 20 heavy (non-hydrogen) atoms. The molecule has 0 saturated carbocycles. The van der Waals surface area contributed by atoms with Crippen LogP contribution in [0.4, 0.5) is 10.8 Å². The molecule has 1 heterocycles. The van der Waals surface area contributed by atoms with Crippen LogP contribution in [-0.2, 0) is 6.42 Å². The number of nitro groups is 1. The average Bonchev–Trinajstić information content (AvgIpc) is 2.86. The first kappa shape index (κ1) is 14.4. The van der Waals surface area contributed by atoms with Gasteiger partial charge in [0.05, 0.1) is 11.0 Å². The predicted molar refractivity (Wildman–Crippen MR) is 79.2 cm³/mol. The Kier molecular flexibility index (Phi) is 4.29. The third-order valence-corrected chi connectivity index (χ3v) is 3.74. The van der Waals surface area contributed by atoms with Gasteiger partial charge in [-0.05, 0) is 19.4 Å². The molecule has 0 radical (unpaired) electrons. The maximum Gasteiger partial charge on any atom is 0.272 e. The van der Waals surface area contributed by atoms with Gasteiger partial charge in [0.2, 0.25) is 5.13 Å². The Labute approximate surface area is 121 Å². The van der Waals surface area contributed by atoms with Crippen LogP contribution in [0.2, 0.25) is 0 Å². The molecule has 0 bridgehead atoms. The second-order valence-corrected chi connectivity index (χ2v) is 5.29. The average molecular weight is 292 g/mol. The number of benzene rings is 1. The number of aryl methyl sites for hydroxylation is 2. The van der Waals surface area contributed by atoms with Crippen LogP contribution in [0, 0.1) is 17.0 Å². The van der Waals surface area contributed by atoms with Crippen molar-refractivity contribution in [2.24, 2.45) is 0 Å². The van der Waals surface area contributed by atoms with Crippen molar-refractivity contribution in [3.05, 3.63) is 45.3 Å². The maximum absolute atomic E-state index is 11.0. The maximum atomic E-state index is 11.0. The molecule has 1 N–H and O–H groups in total. The molecule has 1 aromatic carbocycles. The summed E-state index contributed by atoms with van der Waals surface area (Å²) in [7, 11) is 0. The molecule has 106 valence electrons. The molecule has 0 aliphatic rings. The summed E-state index contributed by atoms with van der Waals surface area (Å²) in [6.07, 6.45) is 0.794. The SMILES string of the molecule is CCc1nsc(NC(C)c2ccc(C)c([N+](=O)[O-])c2)n1. The second kappa shape index (κ2) is 5.96. The van der Waals surface area contributed by atoms with Gasteiger partial charge in [0.1, 0.15) is 5.82 Å². The van der Waals surface area contributed by atoms with E-state index in [0.29, 0.717) is 5.56 Å². The molecule has 2 rings (SSSR count). The molecular weight excluding hydrogens is 276 g/mol. The van der Waals surface area contributed by atoms with Gasteiger partial charge in [-0.15, -0.1) is 0 Å². The van der Waals surface area contributed by atoms with Crippen molar-refractivity contribution < 1.29 is 4.92 Å². The van der Waals surface area contributed by atoms with Gasteiger partial charge >= 0.3 is 0 Å². The summed E-state index contributed by atoms with van der Waals surface area (Å²) >= 11 is 1.30. The minimum atomic E-state index is -0.355. The van der Waals surface area contributed by atoms with Gasteiger partial charge in [-0.3, -0.25) is 10.1 Å². The smallest absolute Gasteiger partial charge is 0.272 e. The Morgan fingerprint density at radius 2 is 2.25 bits per heavy atom. The molecule has 0 aliphatic carbocycles. The molecule has 0 aliphatic heterocycles. The molecule has 1 atom stereocenters. The van der Waals surface area contributed by atoms with Crippen molar-refractivity contribution in [3.8, 4) is 0 Å². The van der Waals surface area contributed by atoms with E-state index in [1.807, 2.05) is 19.9 Å². The zero-order chi connectivity index (χ0) is 14.7. The molecule has 7 heteroatoms. The van der Waals surface area contributed by atoms with Crippen molar-refractivity contribution in [2.45, 2.75) is 33.2 Å². The highest BCUT2D eigenvalue weighted by Crippen LogP contribution is 2.26. The molecule has 1 aromatic heterocycles. The third-order valence-electron chi connectivity index (χ3n) is 3.05. The normalized spacial score (nSPS) is 12.2. The Hall–Kier alpha value is -2.02. The van der Waals surface area contributed by atoms with E-state index in [0.717, 1.165) is 22.9 Å². The van der Waals surface area contributed by atoms with Gasteiger partial charge in [0, 0.05) is 29.6 Å². The van der Waals surface area contributed by atoms with Crippen LogP contribution in [0.25, 0.3) is 0 Å². The van der Waals surface area contributed by atoms with Crippen molar-refractivity contribution in [3.63, 3.8) is 0 Å². The third kappa shape index (κ3) is 3.11. The number of hydrogen-bond acceptors (Lipinski definition) is 6. The molecule has 0 saturated heterocycles. The summed E-state index contributed by atoms with van der Waals surface area (Å²) in [6, 6.07) is 5.20. The largest absolute Gasteiger partial charge is 0.354 e. The van der Waals surface area contributed by atoms with Gasteiger partial charge in [-0.2, -0.15) is 4.37 Å². The lowest BCUT2D eigenvalue weighted by Crippen LogP contribution is -2.07. The van der Waals surface area contributed by atoms with Gasteiger partial charge in [0.15, 0.2) is 0 Å². The van der Waals surface area contributed by atoms with E-state index in [1.54, 1.807) is 19.1 Å². The summed E-state index contributed by atoms with van der Waals surface area (Å²) in [5.41, 5.74) is 1.66. The number of nitrogens with zero attached hydrogens (tertiary/aromatic N) is 3. The first-order valence-corrected chi connectivity index (χ1v) is 7.12. The Morgan fingerprint density at radius 1 is 1.50 bits per heavy atom. The fraction of sp³-hybridized carbons (Fsp3) is 0.385. The van der Waals surface area contributed by atoms with Gasteiger partial charge in [-0.25, -0.2) is 4.98 Å². The zero-order valence-electron chi connectivity index (χ0n) is 11.6. The quantitative estimate of drug-likeness (QED) is 0.674. The van der Waals surface area contributed by atoms with E-state index in [2.05, 4.69) is 14.7 Å². The summed E-state index contributed by atoms with van der Waals surface area (Å²) in [6.45, 7) is 5.68. The van der Waals surface area contributed by atoms with Crippen LogP contribution in [0.3, 0.4) is 0 Å². The van der Waals surface area contributed by atoms with Crippen LogP contribution in [-0.4, -0.2) is 14.3 Å². The number of anilines is 1. The summed E-state index contributed by atoms with van der Waals surface area (Å²) in [5, 5.41) is 14.9. The fourth-order valence-electron chi connectivity index (χ4n) is 1.82. The Balaban J connectivity index is 2.18. The first-order chi connectivity index (χ1) is 9.51. The highest BCUT2D eigenvalue weighted by Gasteiger charge is 2.15. The number of aromatic nitrogens is 2. The lowest BCUT2D eigenvalue weighted by atomic mass is 10.1. The number of hydrogen-bond donors (Lipinski definition) is 1. The predicted octanol–water partition coefficient (Wildman–Crippen LogP) is 3.49. The molecule has 0 amide bonds. The molecule has 2 aromatic rings. The van der Waals surface area contributed by atoms with Gasteiger partial charge in [-0.1, -0.05) is 19.1 Å². The van der Waals surface area contributed by atoms with E-state index in [-0.39, 0.29) is 16.7 Å². The van der Waals surface area contributed by atoms with E-state index < -0.39 is 0 Å². The molecule has 1 unspecified atom stereocenters. The topological polar surface area (TPSA) is 81.0 Å². The highest BCUT2D eigenvalue weighted by atomic mass is 32.1. The van der Waals surface area contributed by atoms with Crippen LogP contribution in [0.15, 0.2) is 18.2 Å². The molecule has 0 fully saturated rings. The first-order valence-electron chi connectivity index (χ1n) is 6.35. The van der Waals surface area contributed by atoms with Crippen molar-refractivity contribution in [2.75, 3.05) is 5.32 Å². The van der Waals surface area contributed by atoms with E-state index in [9.17, 15) is 10.1 Å². The minimum absolute atomic E-state index is 0.0630. The molecule has 0 spiro atoms.